The maximum absolute atomic E-state index is 13.4. The quantitative estimate of drug-likeness (QED) is 0.583. The third-order valence-corrected chi connectivity index (χ3v) is 7.03. The lowest BCUT2D eigenvalue weighted by atomic mass is 9.94. The summed E-state index contributed by atoms with van der Waals surface area (Å²) in [6.45, 7) is 10.4. The van der Waals surface area contributed by atoms with E-state index in [4.69, 9.17) is 9.47 Å². The third kappa shape index (κ3) is 4.34. The molecule has 0 saturated carbocycles. The van der Waals surface area contributed by atoms with E-state index in [9.17, 15) is 4.79 Å². The van der Waals surface area contributed by atoms with Crippen LogP contribution in [0.3, 0.4) is 0 Å². The molecule has 0 bridgehead atoms. The SMILES string of the molecule is CCC(C)(C)n1nnnc1[C@@H](c1cc2cc(OC)c(OC)cc2[nH]c1=O)N1CCC(C)CC1. The fourth-order valence-corrected chi connectivity index (χ4v) is 4.48. The van der Waals surface area contributed by atoms with Gasteiger partial charge in [-0.3, -0.25) is 9.69 Å². The first-order valence-corrected chi connectivity index (χ1v) is 11.6. The number of H-pyrrole nitrogens is 1. The largest absolute Gasteiger partial charge is 0.493 e. The molecule has 1 atom stereocenters. The molecule has 33 heavy (non-hydrogen) atoms. The number of methoxy groups -OCH3 is 2. The lowest BCUT2D eigenvalue weighted by molar-refractivity contribution is 0.143. The summed E-state index contributed by atoms with van der Waals surface area (Å²) in [5.41, 5.74) is 0.899. The van der Waals surface area contributed by atoms with E-state index in [0.29, 0.717) is 34.3 Å². The Balaban J connectivity index is 1.90. The molecule has 178 valence electrons. The summed E-state index contributed by atoms with van der Waals surface area (Å²) in [7, 11) is 3.19. The van der Waals surface area contributed by atoms with Crippen LogP contribution in [0.25, 0.3) is 10.9 Å². The molecule has 1 aromatic carbocycles. The minimum absolute atomic E-state index is 0.151. The van der Waals surface area contributed by atoms with E-state index in [-0.39, 0.29) is 17.1 Å². The van der Waals surface area contributed by atoms with Gasteiger partial charge < -0.3 is 14.5 Å². The van der Waals surface area contributed by atoms with Crippen LogP contribution in [0.4, 0.5) is 0 Å². The molecular weight excluding hydrogens is 420 g/mol. The fourth-order valence-electron chi connectivity index (χ4n) is 4.48. The zero-order chi connectivity index (χ0) is 23.8. The number of nitrogens with one attached hydrogen (secondary N) is 1. The van der Waals surface area contributed by atoms with Crippen molar-refractivity contribution in [3.8, 4) is 11.5 Å². The van der Waals surface area contributed by atoms with Crippen LogP contribution in [0.2, 0.25) is 0 Å². The summed E-state index contributed by atoms with van der Waals surface area (Å²) in [6.07, 6.45) is 3.01. The molecule has 0 aliphatic carbocycles. The predicted octanol–water partition coefficient (Wildman–Crippen LogP) is 3.50. The third-order valence-electron chi connectivity index (χ3n) is 7.03. The fraction of sp³-hybridized carbons (Fsp3) is 0.583. The van der Waals surface area contributed by atoms with E-state index < -0.39 is 0 Å². The van der Waals surface area contributed by atoms with Crippen LogP contribution in [0.1, 0.15) is 64.4 Å². The van der Waals surface area contributed by atoms with Crippen molar-refractivity contribution in [1.29, 1.82) is 0 Å². The van der Waals surface area contributed by atoms with Crippen molar-refractivity contribution in [2.24, 2.45) is 5.92 Å². The van der Waals surface area contributed by atoms with E-state index in [1.54, 1.807) is 20.3 Å². The van der Waals surface area contributed by atoms with E-state index in [1.807, 2.05) is 16.8 Å². The minimum Gasteiger partial charge on any atom is -0.493 e. The van der Waals surface area contributed by atoms with Gasteiger partial charge in [0.2, 0.25) is 0 Å². The summed E-state index contributed by atoms with van der Waals surface area (Å²) in [5, 5.41) is 13.7. The number of hydrogen-bond acceptors (Lipinski definition) is 7. The average molecular weight is 455 g/mol. The first-order chi connectivity index (χ1) is 15.8. The van der Waals surface area contributed by atoms with Crippen LogP contribution >= 0.6 is 0 Å². The summed E-state index contributed by atoms with van der Waals surface area (Å²) in [6, 6.07) is 5.28. The smallest absolute Gasteiger partial charge is 0.253 e. The lowest BCUT2D eigenvalue weighted by Gasteiger charge is -2.37. The van der Waals surface area contributed by atoms with Crippen LogP contribution in [-0.2, 0) is 5.54 Å². The van der Waals surface area contributed by atoms with Crippen LogP contribution in [-0.4, -0.2) is 57.4 Å². The van der Waals surface area contributed by atoms with E-state index in [2.05, 4.69) is 53.1 Å². The maximum atomic E-state index is 13.4. The zero-order valence-electron chi connectivity index (χ0n) is 20.4. The second-order valence-corrected chi connectivity index (χ2v) is 9.58. The normalized spacial score (nSPS) is 16.8. The van der Waals surface area contributed by atoms with Crippen molar-refractivity contribution < 1.29 is 9.47 Å². The van der Waals surface area contributed by atoms with Gasteiger partial charge in [-0.2, -0.15) is 0 Å². The molecule has 9 nitrogen and oxygen atoms in total. The Morgan fingerprint density at radius 2 is 1.82 bits per heavy atom. The van der Waals surface area contributed by atoms with Gasteiger partial charge in [0.1, 0.15) is 6.04 Å². The molecular formula is C24H34N6O3. The predicted molar refractivity (Wildman–Crippen MR) is 127 cm³/mol. The molecule has 1 aliphatic heterocycles. The number of fused-ring (bicyclic) bond motifs is 1. The molecule has 1 aliphatic rings. The van der Waals surface area contributed by atoms with E-state index >= 15 is 0 Å². The summed E-state index contributed by atoms with van der Waals surface area (Å²) in [4.78, 5) is 18.8. The average Bonchev–Trinajstić information content (AvgIpc) is 3.30. The first-order valence-electron chi connectivity index (χ1n) is 11.6. The van der Waals surface area contributed by atoms with Crippen molar-refractivity contribution in [1.82, 2.24) is 30.1 Å². The number of aromatic amines is 1. The maximum Gasteiger partial charge on any atom is 0.253 e. The molecule has 1 N–H and O–H groups in total. The van der Waals surface area contributed by atoms with Crippen molar-refractivity contribution in [2.45, 2.75) is 58.5 Å². The Labute approximate surface area is 194 Å². The highest BCUT2D eigenvalue weighted by atomic mass is 16.5. The minimum atomic E-state index is -0.348. The number of hydrogen-bond donors (Lipinski definition) is 1. The Morgan fingerprint density at radius 3 is 2.45 bits per heavy atom. The van der Waals surface area contributed by atoms with Crippen LogP contribution in [0.5, 0.6) is 11.5 Å². The van der Waals surface area contributed by atoms with Crippen LogP contribution < -0.4 is 15.0 Å². The van der Waals surface area contributed by atoms with E-state index in [0.717, 1.165) is 37.7 Å². The molecule has 0 unspecified atom stereocenters. The van der Waals surface area contributed by atoms with Gasteiger partial charge in [-0.05, 0) is 74.7 Å². The first kappa shape index (κ1) is 23.2. The number of tetrazole rings is 1. The van der Waals surface area contributed by atoms with Gasteiger partial charge in [-0.15, -0.1) is 5.10 Å². The molecule has 1 fully saturated rings. The van der Waals surface area contributed by atoms with Crippen LogP contribution in [0, 0.1) is 5.92 Å². The number of rotatable bonds is 7. The molecule has 4 rings (SSSR count). The van der Waals surface area contributed by atoms with Crippen molar-refractivity contribution in [3.05, 3.63) is 39.9 Å². The molecule has 0 spiro atoms. The highest BCUT2D eigenvalue weighted by Gasteiger charge is 2.35. The van der Waals surface area contributed by atoms with Gasteiger partial charge in [-0.25, -0.2) is 4.68 Å². The summed E-state index contributed by atoms with van der Waals surface area (Å²) >= 11 is 0. The number of benzene rings is 1. The number of pyridine rings is 1. The molecule has 0 radical (unpaired) electrons. The van der Waals surface area contributed by atoms with Crippen molar-refractivity contribution in [2.75, 3.05) is 27.3 Å². The molecule has 3 aromatic rings. The number of aromatic nitrogens is 5. The second kappa shape index (κ2) is 9.13. The summed E-state index contributed by atoms with van der Waals surface area (Å²) < 4.78 is 12.8. The highest BCUT2D eigenvalue weighted by molar-refractivity contribution is 5.83. The number of ether oxygens (including phenoxy) is 2. The van der Waals surface area contributed by atoms with E-state index in [1.165, 1.54) is 0 Å². The number of likely N-dealkylation sites (tertiary alicyclic amines) is 1. The summed E-state index contributed by atoms with van der Waals surface area (Å²) in [5.74, 6) is 2.55. The molecule has 2 aromatic heterocycles. The molecule has 0 amide bonds. The van der Waals surface area contributed by atoms with Gasteiger partial charge in [0.15, 0.2) is 17.3 Å². The highest BCUT2D eigenvalue weighted by Crippen LogP contribution is 2.35. The zero-order valence-corrected chi connectivity index (χ0v) is 20.4. The lowest BCUT2D eigenvalue weighted by Crippen LogP contribution is -2.41. The molecule has 1 saturated heterocycles. The van der Waals surface area contributed by atoms with Gasteiger partial charge in [0, 0.05) is 17.0 Å². The van der Waals surface area contributed by atoms with Gasteiger partial charge in [0.05, 0.1) is 25.3 Å². The number of nitrogens with zero attached hydrogens (tertiary/aromatic N) is 5. The second-order valence-electron chi connectivity index (χ2n) is 9.58. The Bertz CT molecular complexity index is 1180. The topological polar surface area (TPSA) is 98.2 Å². The Morgan fingerprint density at radius 1 is 1.15 bits per heavy atom. The van der Waals surface area contributed by atoms with Gasteiger partial charge >= 0.3 is 0 Å². The standard InChI is InChI=1S/C24H34N6O3/c1-7-24(3,4)30-22(26-27-28-30)21(29-10-8-15(2)9-11-29)17-12-16-13-19(32-5)20(33-6)14-18(16)25-23(17)31/h12-15,21H,7-11H2,1-6H3,(H,25,31)/t21-/m1/s1. The van der Waals surface area contributed by atoms with Crippen molar-refractivity contribution >= 4 is 10.9 Å². The van der Waals surface area contributed by atoms with Gasteiger partial charge in [-0.1, -0.05) is 13.8 Å². The Kier molecular flexibility index (Phi) is 6.43. The molecule has 3 heterocycles. The van der Waals surface area contributed by atoms with Crippen LogP contribution in [0.15, 0.2) is 23.0 Å². The monoisotopic (exact) mass is 454 g/mol. The number of piperidine rings is 1. The molecule has 9 heteroatoms. The Hall–Kier alpha value is -2.94. The van der Waals surface area contributed by atoms with Crippen molar-refractivity contribution in [3.63, 3.8) is 0 Å². The van der Waals surface area contributed by atoms with Gasteiger partial charge in [0.25, 0.3) is 5.56 Å².